The third-order valence-electron chi connectivity index (χ3n) is 2.75. The van der Waals surface area contributed by atoms with Crippen LogP contribution in [-0.4, -0.2) is 34.2 Å². The van der Waals surface area contributed by atoms with E-state index in [9.17, 15) is 8.42 Å². The molecular weight excluding hydrogens is 284 g/mol. The van der Waals surface area contributed by atoms with Crippen LogP contribution in [0.2, 0.25) is 0 Å². The number of rotatable bonds is 2. The average molecular weight is 294 g/mol. The molecular formula is C11H10N4O2S2. The minimum Gasteiger partial charge on any atom is -0.337 e. The molecule has 3 aromatic rings. The minimum absolute atomic E-state index is 0.273. The Morgan fingerprint density at radius 3 is 2.74 bits per heavy atom. The lowest BCUT2D eigenvalue weighted by Crippen LogP contribution is -1.96. The summed E-state index contributed by atoms with van der Waals surface area (Å²) in [7, 11) is -3.22. The molecule has 0 saturated carbocycles. The van der Waals surface area contributed by atoms with Crippen molar-refractivity contribution in [2.75, 3.05) is 6.26 Å². The Bertz CT molecular complexity index is 864. The van der Waals surface area contributed by atoms with Crippen molar-refractivity contribution in [3.8, 4) is 10.7 Å². The van der Waals surface area contributed by atoms with Gasteiger partial charge in [0.2, 0.25) is 0 Å². The summed E-state index contributed by atoms with van der Waals surface area (Å²) < 4.78 is 26.9. The molecule has 6 nitrogen and oxygen atoms in total. The lowest BCUT2D eigenvalue weighted by atomic mass is 10.3. The van der Waals surface area contributed by atoms with Crippen LogP contribution in [0.1, 0.15) is 5.69 Å². The number of aromatic nitrogens is 4. The molecule has 19 heavy (non-hydrogen) atoms. The van der Waals surface area contributed by atoms with E-state index in [4.69, 9.17) is 0 Å². The van der Waals surface area contributed by atoms with Gasteiger partial charge in [0, 0.05) is 6.26 Å². The molecule has 0 aliphatic rings. The van der Waals surface area contributed by atoms with Gasteiger partial charge >= 0.3 is 0 Å². The van der Waals surface area contributed by atoms with Gasteiger partial charge in [-0.3, -0.25) is 0 Å². The highest BCUT2D eigenvalue weighted by Crippen LogP contribution is 2.26. The van der Waals surface area contributed by atoms with E-state index in [0.717, 1.165) is 16.1 Å². The number of aryl methyl sites for hydroxylation is 1. The van der Waals surface area contributed by atoms with Crippen LogP contribution in [0.3, 0.4) is 0 Å². The molecule has 0 bridgehead atoms. The van der Waals surface area contributed by atoms with E-state index < -0.39 is 9.84 Å². The molecule has 0 atom stereocenters. The molecule has 3 rings (SSSR count). The zero-order valence-corrected chi connectivity index (χ0v) is 11.8. The van der Waals surface area contributed by atoms with E-state index >= 15 is 0 Å². The lowest BCUT2D eigenvalue weighted by Gasteiger charge is -1.96. The van der Waals surface area contributed by atoms with Crippen LogP contribution in [0.25, 0.3) is 21.7 Å². The number of nitrogens with zero attached hydrogens (tertiary/aromatic N) is 3. The average Bonchev–Trinajstić information content (AvgIpc) is 2.91. The van der Waals surface area contributed by atoms with Gasteiger partial charge in [0.15, 0.2) is 15.7 Å². The summed E-state index contributed by atoms with van der Waals surface area (Å²) in [4.78, 5) is 8.66. The second-order valence-electron chi connectivity index (χ2n) is 4.22. The third kappa shape index (κ3) is 2.13. The van der Waals surface area contributed by atoms with Crippen molar-refractivity contribution < 1.29 is 8.42 Å². The Morgan fingerprint density at radius 1 is 1.32 bits per heavy atom. The zero-order valence-electron chi connectivity index (χ0n) is 10.2. The van der Waals surface area contributed by atoms with E-state index in [1.165, 1.54) is 17.8 Å². The molecule has 0 unspecified atom stereocenters. The number of benzene rings is 1. The van der Waals surface area contributed by atoms with Crippen molar-refractivity contribution in [1.29, 1.82) is 0 Å². The summed E-state index contributed by atoms with van der Waals surface area (Å²) in [6.07, 6.45) is 1.18. The van der Waals surface area contributed by atoms with Crippen molar-refractivity contribution in [2.45, 2.75) is 11.8 Å². The molecule has 0 fully saturated rings. The number of nitrogens with one attached hydrogen (secondary N) is 1. The Kier molecular flexibility index (Phi) is 2.64. The molecule has 1 aromatic carbocycles. The molecule has 0 aliphatic carbocycles. The number of imidazole rings is 1. The van der Waals surface area contributed by atoms with Gasteiger partial charge in [0.25, 0.3) is 0 Å². The fourth-order valence-electron chi connectivity index (χ4n) is 1.78. The standard InChI is InChI=1S/C11H10N4O2S2/c1-6-10(18-15-14-6)11-12-8-4-3-7(19(2,16)17)5-9(8)13-11/h3-5H,1-2H3,(H,12,13). The van der Waals surface area contributed by atoms with Crippen LogP contribution >= 0.6 is 11.5 Å². The normalized spacial score (nSPS) is 12.1. The number of hydrogen-bond donors (Lipinski definition) is 1. The summed E-state index contributed by atoms with van der Waals surface area (Å²) in [5, 5.41) is 3.93. The maximum Gasteiger partial charge on any atom is 0.175 e. The lowest BCUT2D eigenvalue weighted by molar-refractivity contribution is 0.602. The van der Waals surface area contributed by atoms with Gasteiger partial charge < -0.3 is 4.98 Å². The van der Waals surface area contributed by atoms with Gasteiger partial charge in [-0.25, -0.2) is 13.4 Å². The molecule has 8 heteroatoms. The number of H-pyrrole nitrogens is 1. The van der Waals surface area contributed by atoms with Gasteiger partial charge in [-0.15, -0.1) is 5.10 Å². The highest BCUT2D eigenvalue weighted by atomic mass is 32.2. The fraction of sp³-hybridized carbons (Fsp3) is 0.182. The van der Waals surface area contributed by atoms with Gasteiger partial charge in [0.05, 0.1) is 21.6 Å². The number of fused-ring (bicyclic) bond motifs is 1. The van der Waals surface area contributed by atoms with Crippen LogP contribution in [0.4, 0.5) is 0 Å². The molecule has 1 N–H and O–H groups in total. The second kappa shape index (κ2) is 4.10. The van der Waals surface area contributed by atoms with Crippen LogP contribution in [-0.2, 0) is 9.84 Å². The van der Waals surface area contributed by atoms with Gasteiger partial charge in [-0.2, -0.15) is 0 Å². The molecule has 2 aromatic heterocycles. The maximum atomic E-state index is 11.5. The molecule has 0 aliphatic heterocycles. The highest BCUT2D eigenvalue weighted by molar-refractivity contribution is 7.90. The molecule has 0 radical (unpaired) electrons. The van der Waals surface area contributed by atoms with Gasteiger partial charge in [0.1, 0.15) is 4.88 Å². The van der Waals surface area contributed by atoms with Crippen LogP contribution in [0.15, 0.2) is 23.1 Å². The first-order valence-corrected chi connectivity index (χ1v) is 8.11. The highest BCUT2D eigenvalue weighted by Gasteiger charge is 2.13. The molecule has 0 spiro atoms. The predicted octanol–water partition coefficient (Wildman–Crippen LogP) is 1.79. The topological polar surface area (TPSA) is 88.6 Å². The largest absolute Gasteiger partial charge is 0.337 e. The SMILES string of the molecule is Cc1nnsc1-c1nc2ccc(S(C)(=O)=O)cc2[nH]1. The summed E-state index contributed by atoms with van der Waals surface area (Å²) >= 11 is 1.25. The maximum absolute atomic E-state index is 11.5. The first kappa shape index (κ1) is 12.2. The monoisotopic (exact) mass is 294 g/mol. The van der Waals surface area contributed by atoms with Crippen molar-refractivity contribution >= 4 is 32.4 Å². The van der Waals surface area contributed by atoms with Gasteiger partial charge in [-0.05, 0) is 36.7 Å². The molecule has 0 saturated heterocycles. The Morgan fingerprint density at radius 2 is 2.11 bits per heavy atom. The Labute approximate surface area is 113 Å². The Balaban J connectivity index is 2.19. The third-order valence-corrected chi connectivity index (χ3v) is 4.69. The molecule has 98 valence electrons. The summed E-state index contributed by atoms with van der Waals surface area (Å²) in [6.45, 7) is 1.86. The molecule has 0 amide bonds. The van der Waals surface area contributed by atoms with E-state index in [-0.39, 0.29) is 4.90 Å². The van der Waals surface area contributed by atoms with E-state index in [2.05, 4.69) is 19.6 Å². The number of hydrogen-bond acceptors (Lipinski definition) is 6. The summed E-state index contributed by atoms with van der Waals surface area (Å²) in [5.41, 5.74) is 2.20. The van der Waals surface area contributed by atoms with Crippen molar-refractivity contribution in [3.63, 3.8) is 0 Å². The quantitative estimate of drug-likeness (QED) is 0.778. The van der Waals surface area contributed by atoms with Crippen LogP contribution in [0.5, 0.6) is 0 Å². The van der Waals surface area contributed by atoms with E-state index in [1.54, 1.807) is 18.2 Å². The zero-order chi connectivity index (χ0) is 13.6. The van der Waals surface area contributed by atoms with Gasteiger partial charge in [-0.1, -0.05) is 4.49 Å². The van der Waals surface area contributed by atoms with E-state index in [0.29, 0.717) is 11.3 Å². The smallest absolute Gasteiger partial charge is 0.175 e. The summed E-state index contributed by atoms with van der Waals surface area (Å²) in [6, 6.07) is 4.83. The van der Waals surface area contributed by atoms with E-state index in [1.807, 2.05) is 6.92 Å². The van der Waals surface area contributed by atoms with Crippen molar-refractivity contribution in [1.82, 2.24) is 19.6 Å². The minimum atomic E-state index is -3.22. The van der Waals surface area contributed by atoms with Crippen molar-refractivity contribution in [3.05, 3.63) is 23.9 Å². The molecule has 2 heterocycles. The fourth-order valence-corrected chi connectivity index (χ4v) is 3.02. The van der Waals surface area contributed by atoms with Crippen LogP contribution < -0.4 is 0 Å². The van der Waals surface area contributed by atoms with Crippen LogP contribution in [0, 0.1) is 6.92 Å². The first-order chi connectivity index (χ1) is 8.95. The predicted molar refractivity (Wildman–Crippen MR) is 72.8 cm³/mol. The number of sulfone groups is 1. The first-order valence-electron chi connectivity index (χ1n) is 5.44. The number of aromatic amines is 1. The van der Waals surface area contributed by atoms with Crippen molar-refractivity contribution in [2.24, 2.45) is 0 Å². The summed E-state index contributed by atoms with van der Waals surface area (Å²) in [5.74, 6) is 0.660. The second-order valence-corrected chi connectivity index (χ2v) is 6.99. The Hall–Kier alpha value is -1.80.